The second kappa shape index (κ2) is 7.09. The van der Waals surface area contributed by atoms with Crippen LogP contribution >= 0.6 is 0 Å². The van der Waals surface area contributed by atoms with E-state index in [1.807, 2.05) is 24.8 Å². The first-order valence-electron chi connectivity index (χ1n) is 9.48. The molecule has 5 rings (SSSR count). The summed E-state index contributed by atoms with van der Waals surface area (Å²) in [5.74, 6) is 1.42. The van der Waals surface area contributed by atoms with Crippen molar-refractivity contribution < 1.29 is 4.79 Å². The van der Waals surface area contributed by atoms with Gasteiger partial charge in [0.15, 0.2) is 0 Å². The first-order valence-corrected chi connectivity index (χ1v) is 9.48. The highest BCUT2D eigenvalue weighted by molar-refractivity contribution is 5.93. The van der Waals surface area contributed by atoms with Gasteiger partial charge in [-0.1, -0.05) is 13.8 Å². The summed E-state index contributed by atoms with van der Waals surface area (Å²) in [6, 6.07) is 3.72. The molecule has 3 aliphatic heterocycles. The third-order valence-corrected chi connectivity index (χ3v) is 5.38. The number of rotatable bonds is 3. The Morgan fingerprint density at radius 1 is 1.15 bits per heavy atom. The highest BCUT2D eigenvalue weighted by Crippen LogP contribution is 2.30. The van der Waals surface area contributed by atoms with Crippen LogP contribution in [0.15, 0.2) is 24.5 Å². The van der Waals surface area contributed by atoms with Crippen molar-refractivity contribution in [1.29, 1.82) is 0 Å². The molecule has 3 fully saturated rings. The third kappa shape index (κ3) is 3.56. The van der Waals surface area contributed by atoms with Crippen molar-refractivity contribution >= 4 is 17.8 Å². The van der Waals surface area contributed by atoms with E-state index < -0.39 is 0 Å². The third-order valence-electron chi connectivity index (χ3n) is 5.38. The molecular weight excluding hydrogens is 342 g/mol. The molecule has 142 valence electrons. The summed E-state index contributed by atoms with van der Waals surface area (Å²) in [5.41, 5.74) is 7.04. The molecule has 2 atom stereocenters. The van der Waals surface area contributed by atoms with Gasteiger partial charge in [-0.05, 0) is 36.8 Å². The Hall–Kier alpha value is -2.77. The fourth-order valence-electron chi connectivity index (χ4n) is 3.99. The Kier molecular flexibility index (Phi) is 4.63. The van der Waals surface area contributed by atoms with Gasteiger partial charge in [0, 0.05) is 43.8 Å². The minimum absolute atomic E-state index is 0.0588. The number of anilines is 2. The predicted molar refractivity (Wildman–Crippen MR) is 102 cm³/mol. The number of hydrogen-bond donors (Lipinski definition) is 1. The average molecular weight is 367 g/mol. The van der Waals surface area contributed by atoms with Crippen molar-refractivity contribution in [1.82, 2.24) is 24.8 Å². The van der Waals surface area contributed by atoms with E-state index in [0.717, 1.165) is 44.1 Å². The molecule has 0 spiro atoms. The molecule has 0 aromatic carbocycles. The number of aromatic nitrogens is 4. The van der Waals surface area contributed by atoms with E-state index in [0.29, 0.717) is 11.6 Å². The maximum atomic E-state index is 13.2. The number of piperidine rings is 1. The van der Waals surface area contributed by atoms with Gasteiger partial charge in [-0.2, -0.15) is 0 Å². The Balaban J connectivity index is 1.59. The normalized spacial score (nSPS) is 22.2. The van der Waals surface area contributed by atoms with E-state index in [-0.39, 0.29) is 23.8 Å². The Morgan fingerprint density at radius 3 is 2.67 bits per heavy atom. The van der Waals surface area contributed by atoms with E-state index in [9.17, 15) is 4.79 Å². The number of fused-ring (bicyclic) bond motifs is 4. The van der Waals surface area contributed by atoms with E-state index >= 15 is 0 Å². The molecule has 8 heteroatoms. The van der Waals surface area contributed by atoms with Crippen LogP contribution in [0.3, 0.4) is 0 Å². The molecule has 2 aromatic heterocycles. The summed E-state index contributed by atoms with van der Waals surface area (Å²) in [7, 11) is 0. The molecule has 0 aliphatic carbocycles. The molecule has 27 heavy (non-hydrogen) atoms. The maximum Gasteiger partial charge on any atom is 0.272 e. The second-order valence-electron chi connectivity index (χ2n) is 7.70. The molecule has 2 bridgehead atoms. The van der Waals surface area contributed by atoms with Crippen LogP contribution in [0.5, 0.6) is 0 Å². The zero-order valence-corrected chi connectivity index (χ0v) is 15.7. The van der Waals surface area contributed by atoms with Gasteiger partial charge in [0.05, 0.1) is 0 Å². The minimum atomic E-state index is -0.0588. The monoisotopic (exact) mass is 367 g/mol. The SMILES string of the molecule is CC(C)c1cc(C(=O)N2C[C@H]3CC[C@@H]2CN(c2ncccn2)C3)nc(N)n1. The zero-order valence-electron chi connectivity index (χ0n) is 15.7. The Labute approximate surface area is 158 Å². The van der Waals surface area contributed by atoms with Crippen LogP contribution in [0.4, 0.5) is 11.9 Å². The first kappa shape index (κ1) is 17.6. The highest BCUT2D eigenvalue weighted by Gasteiger charge is 2.38. The number of nitrogen functional groups attached to an aromatic ring is 1. The number of carbonyl (C=O) groups excluding carboxylic acids is 1. The van der Waals surface area contributed by atoms with Crippen molar-refractivity contribution in [2.45, 2.75) is 38.6 Å². The molecule has 1 amide bonds. The van der Waals surface area contributed by atoms with Crippen LogP contribution in [-0.4, -0.2) is 56.4 Å². The van der Waals surface area contributed by atoms with Gasteiger partial charge in [0.25, 0.3) is 5.91 Å². The molecular formula is C19H25N7O. The van der Waals surface area contributed by atoms with Crippen LogP contribution in [0.1, 0.15) is 48.8 Å². The van der Waals surface area contributed by atoms with Gasteiger partial charge >= 0.3 is 0 Å². The van der Waals surface area contributed by atoms with Gasteiger partial charge in [-0.15, -0.1) is 0 Å². The lowest BCUT2D eigenvalue weighted by Crippen LogP contribution is -2.47. The van der Waals surface area contributed by atoms with Gasteiger partial charge in [0.2, 0.25) is 11.9 Å². The molecule has 0 unspecified atom stereocenters. The lowest BCUT2D eigenvalue weighted by atomic mass is 9.94. The molecule has 2 N–H and O–H groups in total. The van der Waals surface area contributed by atoms with Crippen molar-refractivity contribution in [3.63, 3.8) is 0 Å². The quantitative estimate of drug-likeness (QED) is 0.881. The van der Waals surface area contributed by atoms with Crippen molar-refractivity contribution in [2.24, 2.45) is 5.92 Å². The first-order chi connectivity index (χ1) is 13.0. The summed E-state index contributed by atoms with van der Waals surface area (Å²) in [4.78, 5) is 34.6. The van der Waals surface area contributed by atoms with Gasteiger partial charge < -0.3 is 15.5 Å². The van der Waals surface area contributed by atoms with Gasteiger partial charge in [0.1, 0.15) is 5.69 Å². The lowest BCUT2D eigenvalue weighted by molar-refractivity contribution is 0.0585. The number of hydrogen-bond acceptors (Lipinski definition) is 7. The largest absolute Gasteiger partial charge is 0.368 e. The van der Waals surface area contributed by atoms with Crippen LogP contribution < -0.4 is 10.6 Å². The number of carbonyl (C=O) groups is 1. The predicted octanol–water partition coefficient (Wildman–Crippen LogP) is 1.71. The molecule has 0 saturated carbocycles. The molecule has 2 aromatic rings. The molecule has 0 radical (unpaired) electrons. The second-order valence-corrected chi connectivity index (χ2v) is 7.70. The van der Waals surface area contributed by atoms with Crippen LogP contribution in [0.25, 0.3) is 0 Å². The average Bonchev–Trinajstić information content (AvgIpc) is 2.99. The summed E-state index contributed by atoms with van der Waals surface area (Å²) >= 11 is 0. The van der Waals surface area contributed by atoms with Gasteiger partial charge in [-0.3, -0.25) is 4.79 Å². The van der Waals surface area contributed by atoms with E-state index in [1.54, 1.807) is 18.5 Å². The highest BCUT2D eigenvalue weighted by atomic mass is 16.2. The van der Waals surface area contributed by atoms with E-state index in [1.165, 1.54) is 0 Å². The van der Waals surface area contributed by atoms with Crippen molar-refractivity contribution in [3.8, 4) is 0 Å². The lowest BCUT2D eigenvalue weighted by Gasteiger charge is -2.35. The summed E-state index contributed by atoms with van der Waals surface area (Å²) < 4.78 is 0. The summed E-state index contributed by atoms with van der Waals surface area (Å²) in [6.45, 7) is 6.40. The van der Waals surface area contributed by atoms with Crippen LogP contribution in [-0.2, 0) is 0 Å². The standard InChI is InChI=1S/C19H25N7O/c1-12(2)15-8-16(24-18(20)23-15)17(27)26-10-13-4-5-14(26)11-25(9-13)19-21-6-3-7-22-19/h3,6-8,12-14H,4-5,9-11H2,1-2H3,(H2,20,23,24)/t13-,14+/m0/s1. The molecule has 3 aliphatic rings. The van der Waals surface area contributed by atoms with Crippen LogP contribution in [0, 0.1) is 5.92 Å². The van der Waals surface area contributed by atoms with E-state index in [2.05, 4.69) is 24.8 Å². The number of nitrogens with two attached hydrogens (primary N) is 1. The topological polar surface area (TPSA) is 101 Å². The number of nitrogens with zero attached hydrogens (tertiary/aromatic N) is 6. The fourth-order valence-corrected chi connectivity index (χ4v) is 3.99. The Morgan fingerprint density at radius 2 is 1.93 bits per heavy atom. The van der Waals surface area contributed by atoms with Crippen molar-refractivity contribution in [3.05, 3.63) is 35.9 Å². The number of amides is 1. The fraction of sp³-hybridized carbons (Fsp3) is 0.526. The zero-order chi connectivity index (χ0) is 19.0. The van der Waals surface area contributed by atoms with E-state index in [4.69, 9.17) is 5.73 Å². The summed E-state index contributed by atoms with van der Waals surface area (Å²) in [6.07, 6.45) is 5.61. The maximum absolute atomic E-state index is 13.2. The van der Waals surface area contributed by atoms with Crippen LogP contribution in [0.2, 0.25) is 0 Å². The minimum Gasteiger partial charge on any atom is -0.368 e. The Bertz CT molecular complexity index is 826. The molecule has 8 nitrogen and oxygen atoms in total. The summed E-state index contributed by atoms with van der Waals surface area (Å²) in [5, 5.41) is 0. The van der Waals surface area contributed by atoms with Gasteiger partial charge in [-0.25, -0.2) is 19.9 Å². The van der Waals surface area contributed by atoms with Crippen molar-refractivity contribution in [2.75, 3.05) is 30.3 Å². The smallest absolute Gasteiger partial charge is 0.272 e. The molecule has 3 saturated heterocycles. The molecule has 5 heterocycles.